The number of hydrogen-bond acceptors (Lipinski definition) is 6. The quantitative estimate of drug-likeness (QED) is 0.614. The molecule has 0 radical (unpaired) electrons. The number of nitrogens with two attached hydrogens (primary N) is 1. The summed E-state index contributed by atoms with van der Waals surface area (Å²) in [5.41, 5.74) is 6.36. The van der Waals surface area contributed by atoms with Crippen LogP contribution >= 0.6 is 0 Å². The standard InChI is InChI=1S/C14H17NO5/c1-10(16)20-14(18)12(15)7-8-13(17)19-9-11-5-3-2-4-6-11/h2-6,12H,7-9,15H2,1H3. The summed E-state index contributed by atoms with van der Waals surface area (Å²) < 4.78 is 9.34. The molecule has 0 saturated heterocycles. The molecule has 20 heavy (non-hydrogen) atoms. The number of ether oxygens (including phenoxy) is 2. The summed E-state index contributed by atoms with van der Waals surface area (Å²) >= 11 is 0. The van der Waals surface area contributed by atoms with Crippen LogP contribution < -0.4 is 5.73 Å². The molecule has 1 aromatic carbocycles. The van der Waals surface area contributed by atoms with Crippen LogP contribution in [0.2, 0.25) is 0 Å². The predicted molar refractivity (Wildman–Crippen MR) is 70.2 cm³/mol. The number of esters is 3. The van der Waals surface area contributed by atoms with E-state index >= 15 is 0 Å². The molecule has 1 atom stereocenters. The van der Waals surface area contributed by atoms with Crippen molar-refractivity contribution in [2.75, 3.05) is 0 Å². The zero-order valence-corrected chi connectivity index (χ0v) is 11.2. The first-order valence-electron chi connectivity index (χ1n) is 6.16. The minimum atomic E-state index is -1.01. The lowest BCUT2D eigenvalue weighted by Crippen LogP contribution is -2.33. The highest BCUT2D eigenvalue weighted by molar-refractivity contribution is 5.87. The van der Waals surface area contributed by atoms with Crippen LogP contribution in [-0.4, -0.2) is 23.9 Å². The SMILES string of the molecule is CC(=O)OC(=O)C(N)CCC(=O)OCc1ccccc1. The van der Waals surface area contributed by atoms with Crippen LogP contribution in [-0.2, 0) is 30.5 Å². The molecule has 0 aliphatic carbocycles. The normalized spacial score (nSPS) is 11.5. The monoisotopic (exact) mass is 279 g/mol. The van der Waals surface area contributed by atoms with E-state index in [0.717, 1.165) is 12.5 Å². The van der Waals surface area contributed by atoms with Gasteiger partial charge in [0, 0.05) is 13.3 Å². The van der Waals surface area contributed by atoms with E-state index in [0.29, 0.717) is 0 Å². The molecule has 1 aromatic rings. The van der Waals surface area contributed by atoms with Crippen LogP contribution in [0.1, 0.15) is 25.3 Å². The van der Waals surface area contributed by atoms with E-state index in [-0.39, 0.29) is 19.4 Å². The largest absolute Gasteiger partial charge is 0.461 e. The van der Waals surface area contributed by atoms with E-state index < -0.39 is 23.9 Å². The van der Waals surface area contributed by atoms with Crippen molar-refractivity contribution >= 4 is 17.9 Å². The lowest BCUT2D eigenvalue weighted by molar-refractivity contribution is -0.159. The molecule has 0 aromatic heterocycles. The van der Waals surface area contributed by atoms with Crippen molar-refractivity contribution in [1.29, 1.82) is 0 Å². The van der Waals surface area contributed by atoms with Crippen molar-refractivity contribution in [2.24, 2.45) is 5.73 Å². The van der Waals surface area contributed by atoms with E-state index in [4.69, 9.17) is 10.5 Å². The third kappa shape index (κ3) is 6.10. The summed E-state index contributed by atoms with van der Waals surface area (Å²) in [6, 6.07) is 8.22. The van der Waals surface area contributed by atoms with Gasteiger partial charge in [0.05, 0.1) is 0 Å². The Hall–Kier alpha value is -2.21. The maximum atomic E-state index is 11.5. The fourth-order valence-electron chi connectivity index (χ4n) is 1.42. The average molecular weight is 279 g/mol. The number of carbonyl (C=O) groups excluding carboxylic acids is 3. The van der Waals surface area contributed by atoms with E-state index in [2.05, 4.69) is 4.74 Å². The lowest BCUT2D eigenvalue weighted by atomic mass is 10.2. The van der Waals surface area contributed by atoms with Crippen LogP contribution in [0, 0.1) is 0 Å². The zero-order valence-electron chi connectivity index (χ0n) is 11.2. The Morgan fingerprint density at radius 2 is 1.85 bits per heavy atom. The molecular weight excluding hydrogens is 262 g/mol. The van der Waals surface area contributed by atoms with Gasteiger partial charge in [-0.15, -0.1) is 0 Å². The van der Waals surface area contributed by atoms with E-state index in [1.807, 2.05) is 30.3 Å². The van der Waals surface area contributed by atoms with Gasteiger partial charge in [-0.1, -0.05) is 30.3 Å². The molecule has 0 spiro atoms. The van der Waals surface area contributed by atoms with Crippen molar-refractivity contribution in [3.63, 3.8) is 0 Å². The topological polar surface area (TPSA) is 95.7 Å². The fourth-order valence-corrected chi connectivity index (χ4v) is 1.42. The summed E-state index contributed by atoms with van der Waals surface area (Å²) in [4.78, 5) is 33.3. The van der Waals surface area contributed by atoms with Crippen molar-refractivity contribution in [3.05, 3.63) is 35.9 Å². The number of rotatable bonds is 6. The minimum Gasteiger partial charge on any atom is -0.461 e. The van der Waals surface area contributed by atoms with Gasteiger partial charge in [-0.05, 0) is 12.0 Å². The maximum Gasteiger partial charge on any atom is 0.330 e. The molecule has 6 heteroatoms. The van der Waals surface area contributed by atoms with Crippen LogP contribution in [0.15, 0.2) is 30.3 Å². The van der Waals surface area contributed by atoms with E-state index in [9.17, 15) is 14.4 Å². The summed E-state index contributed by atoms with van der Waals surface area (Å²) in [6.07, 6.45) is 0.0563. The smallest absolute Gasteiger partial charge is 0.330 e. The fraction of sp³-hybridized carbons (Fsp3) is 0.357. The molecule has 0 aliphatic heterocycles. The Bertz CT molecular complexity index is 472. The van der Waals surface area contributed by atoms with E-state index in [1.165, 1.54) is 0 Å². The van der Waals surface area contributed by atoms with E-state index in [1.54, 1.807) is 0 Å². The van der Waals surface area contributed by atoms with Gasteiger partial charge in [0.2, 0.25) is 0 Å². The Morgan fingerprint density at radius 1 is 1.20 bits per heavy atom. The summed E-state index contributed by atoms with van der Waals surface area (Å²) in [6.45, 7) is 1.28. The molecule has 108 valence electrons. The van der Waals surface area contributed by atoms with Crippen molar-refractivity contribution in [3.8, 4) is 0 Å². The first-order valence-corrected chi connectivity index (χ1v) is 6.16. The molecular formula is C14H17NO5. The number of hydrogen-bond donors (Lipinski definition) is 1. The molecule has 1 unspecified atom stereocenters. The van der Waals surface area contributed by atoms with Gasteiger partial charge in [0.25, 0.3) is 0 Å². The first kappa shape index (κ1) is 15.8. The highest BCUT2D eigenvalue weighted by Crippen LogP contribution is 2.04. The second-order valence-electron chi connectivity index (χ2n) is 4.20. The van der Waals surface area contributed by atoms with Gasteiger partial charge in [-0.3, -0.25) is 9.59 Å². The Balaban J connectivity index is 2.26. The highest BCUT2D eigenvalue weighted by atomic mass is 16.6. The number of benzene rings is 1. The van der Waals surface area contributed by atoms with Gasteiger partial charge in [-0.25, -0.2) is 4.79 Å². The molecule has 0 saturated carbocycles. The molecule has 0 amide bonds. The molecule has 0 heterocycles. The highest BCUT2D eigenvalue weighted by Gasteiger charge is 2.18. The first-order chi connectivity index (χ1) is 9.49. The summed E-state index contributed by atoms with van der Waals surface area (Å²) in [7, 11) is 0. The van der Waals surface area contributed by atoms with Crippen molar-refractivity contribution in [1.82, 2.24) is 0 Å². The Kier molecular flexibility index (Phi) is 6.39. The van der Waals surface area contributed by atoms with Crippen LogP contribution in [0.3, 0.4) is 0 Å². The van der Waals surface area contributed by atoms with Crippen LogP contribution in [0.4, 0.5) is 0 Å². The zero-order chi connectivity index (χ0) is 15.0. The second kappa shape index (κ2) is 8.06. The number of carbonyl (C=O) groups is 3. The van der Waals surface area contributed by atoms with Crippen LogP contribution in [0.25, 0.3) is 0 Å². The van der Waals surface area contributed by atoms with Gasteiger partial charge in [0.1, 0.15) is 12.6 Å². The second-order valence-corrected chi connectivity index (χ2v) is 4.20. The van der Waals surface area contributed by atoms with Gasteiger partial charge >= 0.3 is 17.9 Å². The third-order valence-electron chi connectivity index (χ3n) is 2.45. The third-order valence-corrected chi connectivity index (χ3v) is 2.45. The maximum absolute atomic E-state index is 11.5. The molecule has 0 aliphatic rings. The van der Waals surface area contributed by atoms with Crippen LogP contribution in [0.5, 0.6) is 0 Å². The average Bonchev–Trinajstić information content (AvgIpc) is 2.42. The molecule has 0 bridgehead atoms. The molecule has 2 N–H and O–H groups in total. The Morgan fingerprint density at radius 3 is 2.45 bits per heavy atom. The molecule has 6 nitrogen and oxygen atoms in total. The summed E-state index contributed by atoms with van der Waals surface area (Å²) in [5, 5.41) is 0. The predicted octanol–water partition coefficient (Wildman–Crippen LogP) is 0.927. The minimum absolute atomic E-state index is 0.0129. The van der Waals surface area contributed by atoms with Gasteiger partial charge < -0.3 is 15.2 Å². The molecule has 1 rings (SSSR count). The van der Waals surface area contributed by atoms with Crippen molar-refractivity contribution in [2.45, 2.75) is 32.4 Å². The van der Waals surface area contributed by atoms with Crippen molar-refractivity contribution < 1.29 is 23.9 Å². The Labute approximate surface area is 116 Å². The van der Waals surface area contributed by atoms with Gasteiger partial charge in [-0.2, -0.15) is 0 Å². The molecule has 0 fully saturated rings. The van der Waals surface area contributed by atoms with Gasteiger partial charge in [0.15, 0.2) is 0 Å². The lowest BCUT2D eigenvalue weighted by Gasteiger charge is -2.09. The summed E-state index contributed by atoms with van der Waals surface area (Å²) in [5.74, 6) is -2.02.